The molecule has 0 radical (unpaired) electrons. The van der Waals surface area contributed by atoms with Crippen LogP contribution < -0.4 is 10.6 Å². The fourth-order valence-corrected chi connectivity index (χ4v) is 2.22. The van der Waals surface area contributed by atoms with Crippen LogP contribution in [0.3, 0.4) is 0 Å². The predicted molar refractivity (Wildman–Crippen MR) is 80.0 cm³/mol. The molecular weight excluding hydrogens is 278 g/mol. The highest BCUT2D eigenvalue weighted by Gasteiger charge is 2.08. The molecule has 0 aromatic carbocycles. The summed E-state index contributed by atoms with van der Waals surface area (Å²) in [6, 6.07) is 0. The number of hydrogen-bond donors (Lipinski definition) is 2. The number of fused-ring (bicyclic) bond motifs is 1. The maximum Gasteiger partial charge on any atom is 0.180 e. The first-order valence-corrected chi connectivity index (χ1v) is 8.55. The summed E-state index contributed by atoms with van der Waals surface area (Å²) in [6.07, 6.45) is 7.59. The van der Waals surface area contributed by atoms with Gasteiger partial charge in [0.2, 0.25) is 0 Å². The predicted octanol–water partition coefficient (Wildman–Crippen LogP) is 1.01. The Hall–Kier alpha value is -1.83. The maximum atomic E-state index is 11.1. The summed E-state index contributed by atoms with van der Waals surface area (Å²) >= 11 is 0. The summed E-state index contributed by atoms with van der Waals surface area (Å²) in [4.78, 5) is 8.65. The molecule has 7 nitrogen and oxygen atoms in total. The first-order valence-electron chi connectivity index (χ1n) is 6.49. The molecule has 0 spiro atoms. The van der Waals surface area contributed by atoms with E-state index in [1.807, 2.05) is 16.8 Å². The van der Waals surface area contributed by atoms with Gasteiger partial charge in [0.05, 0.1) is 11.9 Å². The molecule has 0 bridgehead atoms. The van der Waals surface area contributed by atoms with E-state index in [1.165, 1.54) is 6.26 Å². The van der Waals surface area contributed by atoms with Gasteiger partial charge >= 0.3 is 0 Å². The van der Waals surface area contributed by atoms with Gasteiger partial charge in [0, 0.05) is 31.7 Å². The van der Waals surface area contributed by atoms with E-state index in [0.717, 1.165) is 18.8 Å². The Balaban J connectivity index is 2.19. The van der Waals surface area contributed by atoms with Crippen LogP contribution in [-0.2, 0) is 9.84 Å². The van der Waals surface area contributed by atoms with Crippen molar-refractivity contribution in [3.05, 3.63) is 18.6 Å². The number of nitrogens with one attached hydrogen (secondary N) is 2. The zero-order valence-corrected chi connectivity index (χ0v) is 12.4. The lowest BCUT2D eigenvalue weighted by Gasteiger charge is -2.10. The van der Waals surface area contributed by atoms with Gasteiger partial charge in [-0.15, -0.1) is 0 Å². The molecule has 2 heterocycles. The lowest BCUT2D eigenvalue weighted by atomic mass is 10.4. The molecule has 0 atom stereocenters. The molecule has 2 rings (SSSR count). The molecule has 110 valence electrons. The number of hydrogen-bond acceptors (Lipinski definition) is 6. The highest BCUT2D eigenvalue weighted by molar-refractivity contribution is 7.90. The van der Waals surface area contributed by atoms with Crippen LogP contribution >= 0.6 is 0 Å². The summed E-state index contributed by atoms with van der Waals surface area (Å²) in [5.41, 5.74) is 0.681. The molecule has 0 amide bonds. The van der Waals surface area contributed by atoms with E-state index < -0.39 is 9.84 Å². The second kappa shape index (κ2) is 6.08. The van der Waals surface area contributed by atoms with Gasteiger partial charge in [-0.25, -0.2) is 18.4 Å². The average molecular weight is 297 g/mol. The summed E-state index contributed by atoms with van der Waals surface area (Å²) < 4.78 is 24.2. The van der Waals surface area contributed by atoms with E-state index in [0.29, 0.717) is 18.0 Å². The van der Waals surface area contributed by atoms with Crippen LogP contribution in [0.2, 0.25) is 0 Å². The van der Waals surface area contributed by atoms with Gasteiger partial charge in [-0.2, -0.15) is 0 Å². The smallest absolute Gasteiger partial charge is 0.180 e. The van der Waals surface area contributed by atoms with Crippen molar-refractivity contribution in [3.63, 3.8) is 0 Å². The third kappa shape index (κ3) is 3.83. The molecule has 20 heavy (non-hydrogen) atoms. The minimum Gasteiger partial charge on any atom is -0.369 e. The molecule has 2 aromatic rings. The standard InChI is InChI=1S/C12H19N5O2S/c1-3-4-13-10-9-17-7-5-15-12(17)11(16-10)14-6-8-20(2,18)19/h5,7,9,13H,3-4,6,8H2,1-2H3,(H,14,16). The number of imidazole rings is 1. The Kier molecular flexibility index (Phi) is 4.43. The third-order valence-electron chi connectivity index (χ3n) is 2.70. The number of anilines is 2. The highest BCUT2D eigenvalue weighted by atomic mass is 32.2. The summed E-state index contributed by atoms with van der Waals surface area (Å²) in [5.74, 6) is 1.38. The van der Waals surface area contributed by atoms with Gasteiger partial charge in [0.15, 0.2) is 11.5 Å². The molecule has 2 aromatic heterocycles. The van der Waals surface area contributed by atoms with E-state index in [1.54, 1.807) is 6.20 Å². The fraction of sp³-hybridized carbons (Fsp3) is 0.500. The van der Waals surface area contributed by atoms with E-state index >= 15 is 0 Å². The van der Waals surface area contributed by atoms with Crippen molar-refractivity contribution in [1.82, 2.24) is 14.4 Å². The van der Waals surface area contributed by atoms with E-state index in [9.17, 15) is 8.42 Å². The van der Waals surface area contributed by atoms with Crippen molar-refractivity contribution in [2.75, 3.05) is 35.7 Å². The Bertz CT molecular complexity index is 680. The van der Waals surface area contributed by atoms with Crippen molar-refractivity contribution in [2.45, 2.75) is 13.3 Å². The minimum atomic E-state index is -2.99. The van der Waals surface area contributed by atoms with Crippen LogP contribution in [0, 0.1) is 0 Å². The minimum absolute atomic E-state index is 0.0637. The van der Waals surface area contributed by atoms with E-state index in [4.69, 9.17) is 0 Å². The highest BCUT2D eigenvalue weighted by Crippen LogP contribution is 2.16. The van der Waals surface area contributed by atoms with Gasteiger partial charge in [-0.05, 0) is 6.42 Å². The molecule has 0 aliphatic carbocycles. The molecule has 2 N–H and O–H groups in total. The van der Waals surface area contributed by atoms with Gasteiger partial charge in [0.1, 0.15) is 15.7 Å². The Morgan fingerprint density at radius 2 is 2.10 bits per heavy atom. The summed E-state index contributed by atoms with van der Waals surface area (Å²) in [7, 11) is -2.99. The SMILES string of the molecule is CCCNc1cn2ccnc2c(NCCS(C)(=O)=O)n1. The van der Waals surface area contributed by atoms with Crippen LogP contribution in [0.15, 0.2) is 18.6 Å². The fourth-order valence-electron chi connectivity index (χ4n) is 1.74. The lowest BCUT2D eigenvalue weighted by Crippen LogP contribution is -2.16. The zero-order valence-electron chi connectivity index (χ0n) is 11.6. The monoisotopic (exact) mass is 297 g/mol. The number of rotatable bonds is 7. The van der Waals surface area contributed by atoms with Crippen LogP contribution in [0.1, 0.15) is 13.3 Å². The lowest BCUT2D eigenvalue weighted by molar-refractivity contribution is 0.602. The average Bonchev–Trinajstić information content (AvgIpc) is 2.83. The van der Waals surface area contributed by atoms with Gasteiger partial charge in [-0.3, -0.25) is 0 Å². The molecule has 0 saturated carbocycles. The van der Waals surface area contributed by atoms with Crippen molar-refractivity contribution in [2.24, 2.45) is 0 Å². The normalized spacial score (nSPS) is 11.7. The van der Waals surface area contributed by atoms with Gasteiger partial charge in [0.25, 0.3) is 0 Å². The first-order chi connectivity index (χ1) is 9.49. The van der Waals surface area contributed by atoms with Crippen molar-refractivity contribution in [3.8, 4) is 0 Å². The molecule has 8 heteroatoms. The van der Waals surface area contributed by atoms with Crippen LogP contribution in [0.25, 0.3) is 5.65 Å². The number of nitrogens with zero attached hydrogens (tertiary/aromatic N) is 3. The largest absolute Gasteiger partial charge is 0.369 e. The molecular formula is C12H19N5O2S. The Labute approximate surface area is 118 Å². The van der Waals surface area contributed by atoms with Crippen LogP contribution in [-0.4, -0.2) is 47.9 Å². The van der Waals surface area contributed by atoms with Crippen molar-refractivity contribution in [1.29, 1.82) is 0 Å². The Morgan fingerprint density at radius 3 is 2.80 bits per heavy atom. The Morgan fingerprint density at radius 1 is 1.30 bits per heavy atom. The van der Waals surface area contributed by atoms with E-state index in [2.05, 4.69) is 27.5 Å². The topological polar surface area (TPSA) is 88.4 Å². The number of aromatic nitrogens is 3. The van der Waals surface area contributed by atoms with E-state index in [-0.39, 0.29) is 5.75 Å². The molecule has 0 fully saturated rings. The molecule has 0 saturated heterocycles. The second-order valence-electron chi connectivity index (χ2n) is 4.62. The molecule has 0 unspecified atom stereocenters. The quantitative estimate of drug-likeness (QED) is 0.793. The summed E-state index contributed by atoms with van der Waals surface area (Å²) in [6.45, 7) is 3.22. The van der Waals surface area contributed by atoms with Crippen LogP contribution in [0.5, 0.6) is 0 Å². The number of sulfone groups is 1. The molecule has 0 aliphatic heterocycles. The van der Waals surface area contributed by atoms with Crippen LogP contribution in [0.4, 0.5) is 11.6 Å². The van der Waals surface area contributed by atoms with Gasteiger partial charge < -0.3 is 15.0 Å². The third-order valence-corrected chi connectivity index (χ3v) is 3.64. The van der Waals surface area contributed by atoms with Crippen molar-refractivity contribution >= 4 is 27.1 Å². The first kappa shape index (κ1) is 14.6. The summed E-state index contributed by atoms with van der Waals surface area (Å²) in [5, 5.41) is 6.24. The second-order valence-corrected chi connectivity index (χ2v) is 6.88. The maximum absolute atomic E-state index is 11.1. The zero-order chi connectivity index (χ0) is 14.6. The van der Waals surface area contributed by atoms with Gasteiger partial charge in [-0.1, -0.05) is 6.92 Å². The molecule has 0 aliphatic rings. The van der Waals surface area contributed by atoms with Crippen molar-refractivity contribution < 1.29 is 8.42 Å².